The fourth-order valence-corrected chi connectivity index (χ4v) is 2.09. The Bertz CT molecular complexity index is 568. The summed E-state index contributed by atoms with van der Waals surface area (Å²) in [6, 6.07) is 14.4. The number of aryl methyl sites for hydroxylation is 1. The fourth-order valence-electron chi connectivity index (χ4n) is 2.09. The molecule has 1 nitrogen and oxygen atoms in total. The molecule has 18 heavy (non-hydrogen) atoms. The highest BCUT2D eigenvalue weighted by Crippen LogP contribution is 2.27. The van der Waals surface area contributed by atoms with Gasteiger partial charge < -0.3 is 0 Å². The first-order valence-corrected chi connectivity index (χ1v) is 6.28. The van der Waals surface area contributed by atoms with Crippen LogP contribution in [0.1, 0.15) is 41.3 Å². The third-order valence-corrected chi connectivity index (χ3v) is 3.26. The van der Waals surface area contributed by atoms with E-state index in [-0.39, 0.29) is 0 Å². The van der Waals surface area contributed by atoms with Crippen molar-refractivity contribution in [2.24, 2.45) is 0 Å². The standard InChI is InChI=1S/C17H18O/c1-12(2)15-5-4-6-16(10-15)17-9-14(11-18)8-7-13(17)3/h4-12H,1-3H3. The first-order valence-electron chi connectivity index (χ1n) is 6.28. The molecule has 92 valence electrons. The number of aldehydes is 1. The van der Waals surface area contributed by atoms with Crippen LogP contribution in [0.4, 0.5) is 0 Å². The molecule has 0 unspecified atom stereocenters. The molecule has 0 bridgehead atoms. The molecule has 0 aromatic heterocycles. The first kappa shape index (κ1) is 12.6. The molecule has 0 amide bonds. The Hall–Kier alpha value is -1.89. The Labute approximate surface area is 108 Å². The van der Waals surface area contributed by atoms with Crippen molar-refractivity contribution < 1.29 is 4.79 Å². The van der Waals surface area contributed by atoms with Gasteiger partial charge in [-0.05, 0) is 41.2 Å². The molecule has 0 aliphatic heterocycles. The maximum absolute atomic E-state index is 10.9. The van der Waals surface area contributed by atoms with E-state index in [1.165, 1.54) is 16.7 Å². The summed E-state index contributed by atoms with van der Waals surface area (Å²) < 4.78 is 0. The van der Waals surface area contributed by atoms with E-state index in [4.69, 9.17) is 0 Å². The highest BCUT2D eigenvalue weighted by Gasteiger charge is 2.05. The zero-order valence-corrected chi connectivity index (χ0v) is 11.1. The molecule has 0 radical (unpaired) electrons. The minimum absolute atomic E-state index is 0.513. The van der Waals surface area contributed by atoms with Crippen LogP contribution in [0.2, 0.25) is 0 Å². The molecule has 0 saturated carbocycles. The van der Waals surface area contributed by atoms with E-state index in [1.54, 1.807) is 0 Å². The van der Waals surface area contributed by atoms with E-state index < -0.39 is 0 Å². The Morgan fingerprint density at radius 3 is 2.50 bits per heavy atom. The lowest BCUT2D eigenvalue weighted by Crippen LogP contribution is -1.90. The van der Waals surface area contributed by atoms with Crippen LogP contribution < -0.4 is 0 Å². The number of benzene rings is 2. The summed E-state index contributed by atoms with van der Waals surface area (Å²) in [6.07, 6.45) is 0.898. The monoisotopic (exact) mass is 238 g/mol. The molecule has 0 aliphatic rings. The van der Waals surface area contributed by atoms with E-state index >= 15 is 0 Å². The van der Waals surface area contributed by atoms with Crippen molar-refractivity contribution in [2.75, 3.05) is 0 Å². The Morgan fingerprint density at radius 1 is 1.06 bits per heavy atom. The summed E-state index contributed by atoms with van der Waals surface area (Å²) in [6.45, 7) is 6.45. The number of carbonyl (C=O) groups excluding carboxylic acids is 1. The normalized spacial score (nSPS) is 10.7. The summed E-state index contributed by atoms with van der Waals surface area (Å²) in [5.74, 6) is 0.513. The number of carbonyl (C=O) groups is 1. The van der Waals surface area contributed by atoms with Gasteiger partial charge in [-0.2, -0.15) is 0 Å². The van der Waals surface area contributed by atoms with Gasteiger partial charge in [-0.1, -0.05) is 50.2 Å². The van der Waals surface area contributed by atoms with Crippen LogP contribution in [-0.2, 0) is 0 Å². The maximum atomic E-state index is 10.9. The quantitative estimate of drug-likeness (QED) is 0.714. The van der Waals surface area contributed by atoms with Crippen LogP contribution >= 0.6 is 0 Å². The molecule has 0 heterocycles. The van der Waals surface area contributed by atoms with Crippen molar-refractivity contribution in [1.82, 2.24) is 0 Å². The van der Waals surface area contributed by atoms with Crippen LogP contribution in [-0.4, -0.2) is 6.29 Å². The van der Waals surface area contributed by atoms with Gasteiger partial charge >= 0.3 is 0 Å². The SMILES string of the molecule is Cc1ccc(C=O)cc1-c1cccc(C(C)C)c1. The molecular weight excluding hydrogens is 220 g/mol. The number of rotatable bonds is 3. The van der Waals surface area contributed by atoms with Crippen molar-refractivity contribution >= 4 is 6.29 Å². The summed E-state index contributed by atoms with van der Waals surface area (Å²) in [5.41, 5.74) is 5.57. The molecule has 0 atom stereocenters. The predicted molar refractivity (Wildman–Crippen MR) is 76.1 cm³/mol. The van der Waals surface area contributed by atoms with E-state index in [0.29, 0.717) is 5.92 Å². The summed E-state index contributed by atoms with van der Waals surface area (Å²) in [7, 11) is 0. The first-order chi connectivity index (χ1) is 8.61. The molecular formula is C17H18O. The molecule has 0 fully saturated rings. The Kier molecular flexibility index (Phi) is 3.61. The van der Waals surface area contributed by atoms with Crippen molar-refractivity contribution in [3.8, 4) is 11.1 Å². The van der Waals surface area contributed by atoms with Gasteiger partial charge in [-0.25, -0.2) is 0 Å². The lowest BCUT2D eigenvalue weighted by molar-refractivity contribution is 0.112. The summed E-state index contributed by atoms with van der Waals surface area (Å²) >= 11 is 0. The second-order valence-electron chi connectivity index (χ2n) is 4.97. The average Bonchev–Trinajstić information content (AvgIpc) is 2.39. The van der Waals surface area contributed by atoms with E-state index in [0.717, 1.165) is 17.4 Å². The smallest absolute Gasteiger partial charge is 0.150 e. The average molecular weight is 238 g/mol. The maximum Gasteiger partial charge on any atom is 0.150 e. The zero-order chi connectivity index (χ0) is 13.1. The van der Waals surface area contributed by atoms with Gasteiger partial charge in [0.05, 0.1) is 0 Å². The predicted octanol–water partition coefficient (Wildman–Crippen LogP) is 4.60. The van der Waals surface area contributed by atoms with Gasteiger partial charge in [-0.15, -0.1) is 0 Å². The largest absolute Gasteiger partial charge is 0.298 e. The third-order valence-electron chi connectivity index (χ3n) is 3.26. The summed E-state index contributed by atoms with van der Waals surface area (Å²) in [4.78, 5) is 10.9. The summed E-state index contributed by atoms with van der Waals surface area (Å²) in [5, 5.41) is 0. The van der Waals surface area contributed by atoms with E-state index in [1.807, 2.05) is 18.2 Å². The highest BCUT2D eigenvalue weighted by molar-refractivity contribution is 5.80. The molecule has 2 aromatic carbocycles. The van der Waals surface area contributed by atoms with Crippen molar-refractivity contribution in [2.45, 2.75) is 26.7 Å². The molecule has 0 spiro atoms. The highest BCUT2D eigenvalue weighted by atomic mass is 16.1. The van der Waals surface area contributed by atoms with Gasteiger partial charge in [0.2, 0.25) is 0 Å². The molecule has 2 rings (SSSR count). The van der Waals surface area contributed by atoms with Gasteiger partial charge in [0.25, 0.3) is 0 Å². The lowest BCUT2D eigenvalue weighted by atomic mass is 9.94. The molecule has 0 aliphatic carbocycles. The molecule has 0 N–H and O–H groups in total. The second kappa shape index (κ2) is 5.18. The number of hydrogen-bond acceptors (Lipinski definition) is 1. The Morgan fingerprint density at radius 2 is 1.83 bits per heavy atom. The lowest BCUT2D eigenvalue weighted by Gasteiger charge is -2.11. The van der Waals surface area contributed by atoms with Crippen LogP contribution in [0.15, 0.2) is 42.5 Å². The zero-order valence-electron chi connectivity index (χ0n) is 11.1. The minimum Gasteiger partial charge on any atom is -0.298 e. The Balaban J connectivity index is 2.54. The number of hydrogen-bond donors (Lipinski definition) is 0. The topological polar surface area (TPSA) is 17.1 Å². The van der Waals surface area contributed by atoms with Gasteiger partial charge in [0.15, 0.2) is 0 Å². The molecule has 0 saturated heterocycles. The van der Waals surface area contributed by atoms with E-state index in [2.05, 4.69) is 45.0 Å². The second-order valence-corrected chi connectivity index (χ2v) is 4.97. The molecule has 1 heteroatoms. The van der Waals surface area contributed by atoms with Crippen molar-refractivity contribution in [3.05, 3.63) is 59.2 Å². The van der Waals surface area contributed by atoms with E-state index in [9.17, 15) is 4.79 Å². The van der Waals surface area contributed by atoms with Crippen molar-refractivity contribution in [3.63, 3.8) is 0 Å². The van der Waals surface area contributed by atoms with Crippen LogP contribution in [0.5, 0.6) is 0 Å². The van der Waals surface area contributed by atoms with Crippen LogP contribution in [0.3, 0.4) is 0 Å². The van der Waals surface area contributed by atoms with Gasteiger partial charge in [0, 0.05) is 5.56 Å². The van der Waals surface area contributed by atoms with Crippen LogP contribution in [0, 0.1) is 6.92 Å². The molecule has 2 aromatic rings. The third kappa shape index (κ3) is 2.51. The van der Waals surface area contributed by atoms with Gasteiger partial charge in [0.1, 0.15) is 6.29 Å². The minimum atomic E-state index is 0.513. The van der Waals surface area contributed by atoms with Crippen LogP contribution in [0.25, 0.3) is 11.1 Å². The fraction of sp³-hybridized carbons (Fsp3) is 0.235. The van der Waals surface area contributed by atoms with Gasteiger partial charge in [-0.3, -0.25) is 4.79 Å². The van der Waals surface area contributed by atoms with Crippen molar-refractivity contribution in [1.29, 1.82) is 0 Å².